The van der Waals surface area contributed by atoms with Crippen LogP contribution >= 0.6 is 0 Å². The molecule has 0 saturated carbocycles. The molecule has 6 aromatic heterocycles. The first-order valence-electron chi connectivity index (χ1n) is 34.9. The number of aromatic nitrogens is 2. The molecule has 0 unspecified atom stereocenters. The van der Waals surface area contributed by atoms with Crippen LogP contribution in [-0.4, -0.2) is 8.80 Å². The van der Waals surface area contributed by atoms with Crippen LogP contribution in [-0.2, 0) is 0 Å². The molecular formula is C96H60N4O2. The van der Waals surface area contributed by atoms with Crippen molar-refractivity contribution >= 4 is 154 Å². The molecule has 0 aliphatic heterocycles. The predicted octanol–water partition coefficient (Wildman–Crippen LogP) is 27.1. The summed E-state index contributed by atoms with van der Waals surface area (Å²) in [5, 5.41) is 14.8. The summed E-state index contributed by atoms with van der Waals surface area (Å²) in [5.74, 6) is 0. The van der Waals surface area contributed by atoms with Crippen molar-refractivity contribution < 1.29 is 8.83 Å². The number of hydrogen-bond donors (Lipinski definition) is 0. The van der Waals surface area contributed by atoms with Crippen molar-refractivity contribution in [1.82, 2.24) is 8.80 Å². The molecular weight excluding hydrogens is 1240 g/mol. The summed E-state index contributed by atoms with van der Waals surface area (Å²) in [6, 6.07) is 131. The fourth-order valence-electron chi connectivity index (χ4n) is 16.3. The van der Waals surface area contributed by atoms with E-state index in [0.29, 0.717) is 0 Å². The quantitative estimate of drug-likeness (QED) is 0.137. The lowest BCUT2D eigenvalue weighted by Gasteiger charge is -2.26. The van der Waals surface area contributed by atoms with Crippen molar-refractivity contribution in [3.8, 4) is 44.5 Å². The van der Waals surface area contributed by atoms with Gasteiger partial charge in [0.2, 0.25) is 0 Å². The molecule has 476 valence electrons. The van der Waals surface area contributed by atoms with Crippen LogP contribution in [0.5, 0.6) is 0 Å². The summed E-state index contributed by atoms with van der Waals surface area (Å²) >= 11 is 0. The van der Waals surface area contributed by atoms with Gasteiger partial charge in [-0.15, -0.1) is 0 Å². The minimum atomic E-state index is 0.873. The number of anilines is 6. The zero-order valence-electron chi connectivity index (χ0n) is 55.2. The Hall–Kier alpha value is -13.7. The minimum Gasteiger partial charge on any atom is -0.456 e. The lowest BCUT2D eigenvalue weighted by atomic mass is 10.0. The molecule has 0 amide bonds. The van der Waals surface area contributed by atoms with E-state index in [-0.39, 0.29) is 0 Å². The summed E-state index contributed by atoms with van der Waals surface area (Å²) in [6.07, 6.45) is 0. The highest BCUT2D eigenvalue weighted by atomic mass is 16.3. The van der Waals surface area contributed by atoms with E-state index in [1.54, 1.807) is 0 Å². The van der Waals surface area contributed by atoms with Gasteiger partial charge < -0.3 is 27.4 Å². The third-order valence-electron chi connectivity index (χ3n) is 21.1. The number of benzene rings is 16. The molecule has 6 nitrogen and oxygen atoms in total. The molecule has 16 aromatic carbocycles. The fourth-order valence-corrected chi connectivity index (χ4v) is 16.3. The second-order valence-electron chi connectivity index (χ2n) is 26.7. The van der Waals surface area contributed by atoms with Crippen LogP contribution in [0.15, 0.2) is 373 Å². The van der Waals surface area contributed by atoms with Gasteiger partial charge in [-0.2, -0.15) is 0 Å². The summed E-state index contributed by atoms with van der Waals surface area (Å²) in [5.41, 5.74) is 27.0. The molecule has 102 heavy (non-hydrogen) atoms. The van der Waals surface area contributed by atoms with Crippen LogP contribution in [0.1, 0.15) is 0 Å². The topological polar surface area (TPSA) is 41.6 Å². The molecule has 0 bridgehead atoms. The Bertz CT molecular complexity index is 6960. The maximum Gasteiger partial charge on any atom is 0.159 e. The third kappa shape index (κ3) is 9.06. The van der Waals surface area contributed by atoms with E-state index in [4.69, 9.17) is 8.83 Å². The molecule has 0 atom stereocenters. The van der Waals surface area contributed by atoms with E-state index < -0.39 is 0 Å². The highest BCUT2D eigenvalue weighted by molar-refractivity contribution is 6.25. The smallest absolute Gasteiger partial charge is 0.159 e. The largest absolute Gasteiger partial charge is 0.456 e. The standard InChI is InChI=1S/2C48H30N2O/c1-2-10-31(11-3-1)32-20-25-35(26-21-32)49(44-18-9-16-42-39-13-5-7-19-46(39)51-48(42)44)36-27-22-33(23-28-36)34-24-29-38-41-15-8-14-40-37-12-4-6-17-43(37)50(47(40)41)45(38)30-34;1-2-9-31(10-3-1)32-17-22-35(23-18-32)49(37-26-28-47-43(30-37)40-12-5-7-16-46(40)51-47)36-24-19-33(20-25-36)34-21-27-39-42-14-8-13-41-38-11-4-6-15-44(38)50(48(41)42)45(39)29-34/h2*1-30H. The maximum absolute atomic E-state index is 6.57. The zero-order chi connectivity index (χ0) is 66.9. The van der Waals surface area contributed by atoms with Gasteiger partial charge >= 0.3 is 0 Å². The van der Waals surface area contributed by atoms with E-state index in [2.05, 4.69) is 358 Å². The summed E-state index contributed by atoms with van der Waals surface area (Å²) in [6.45, 7) is 0. The zero-order valence-corrected chi connectivity index (χ0v) is 55.2. The third-order valence-corrected chi connectivity index (χ3v) is 21.1. The van der Waals surface area contributed by atoms with Gasteiger partial charge in [-0.3, -0.25) is 0 Å². The van der Waals surface area contributed by atoms with Crippen molar-refractivity contribution in [3.63, 3.8) is 0 Å². The SMILES string of the molecule is c1ccc(-c2ccc(N(c3ccc(-c4ccc5c6cccc7c8ccccc8n(c5c4)c76)cc3)c3ccc4oc5ccccc5c4c3)cc2)cc1.c1ccc(-c2ccc(N(c3ccc(-c4ccc5c6cccc7c8ccccc8n(c5c4)c76)cc3)c3cccc4c3oc3ccccc34)cc2)cc1. The molecule has 0 aliphatic rings. The van der Waals surface area contributed by atoms with Crippen LogP contribution in [0.25, 0.3) is 165 Å². The van der Waals surface area contributed by atoms with Crippen LogP contribution < -0.4 is 9.80 Å². The summed E-state index contributed by atoms with van der Waals surface area (Å²) in [4.78, 5) is 4.65. The first-order chi connectivity index (χ1) is 50.6. The van der Waals surface area contributed by atoms with Crippen molar-refractivity contribution in [2.75, 3.05) is 9.80 Å². The Morgan fingerprint density at radius 2 is 0.520 bits per heavy atom. The normalized spacial score (nSPS) is 11.9. The molecule has 22 rings (SSSR count). The minimum absolute atomic E-state index is 0.873. The molecule has 0 N–H and O–H groups in total. The van der Waals surface area contributed by atoms with E-state index >= 15 is 0 Å². The van der Waals surface area contributed by atoms with E-state index in [1.165, 1.54) is 121 Å². The molecule has 0 saturated heterocycles. The van der Waals surface area contributed by atoms with Crippen molar-refractivity contribution in [1.29, 1.82) is 0 Å². The Morgan fingerprint density at radius 1 is 0.186 bits per heavy atom. The lowest BCUT2D eigenvalue weighted by molar-refractivity contribution is 0.668. The van der Waals surface area contributed by atoms with Gasteiger partial charge in [-0.1, -0.05) is 255 Å². The second kappa shape index (κ2) is 23.0. The lowest BCUT2D eigenvalue weighted by Crippen LogP contribution is -2.10. The predicted molar refractivity (Wildman–Crippen MR) is 428 cm³/mol. The van der Waals surface area contributed by atoms with Gasteiger partial charge in [0.25, 0.3) is 0 Å². The van der Waals surface area contributed by atoms with Crippen molar-refractivity contribution in [3.05, 3.63) is 364 Å². The average Bonchev–Trinajstić information content (AvgIpc) is 1.55. The number of rotatable bonds is 10. The number of hydrogen-bond acceptors (Lipinski definition) is 4. The van der Waals surface area contributed by atoms with Crippen molar-refractivity contribution in [2.24, 2.45) is 0 Å². The number of fused-ring (bicyclic) bond motifs is 18. The van der Waals surface area contributed by atoms with Gasteiger partial charge in [-0.25, -0.2) is 0 Å². The molecule has 6 heteroatoms. The monoisotopic (exact) mass is 1300 g/mol. The van der Waals surface area contributed by atoms with Crippen molar-refractivity contribution in [2.45, 2.75) is 0 Å². The van der Waals surface area contributed by atoms with Crippen LogP contribution in [0.3, 0.4) is 0 Å². The number of furan rings is 2. The molecule has 22 aromatic rings. The van der Waals surface area contributed by atoms with Gasteiger partial charge in [0.1, 0.15) is 16.7 Å². The van der Waals surface area contributed by atoms with E-state index in [9.17, 15) is 0 Å². The highest BCUT2D eigenvalue weighted by Gasteiger charge is 2.24. The van der Waals surface area contributed by atoms with Gasteiger partial charge in [0.15, 0.2) is 5.58 Å². The molecule has 0 fully saturated rings. The van der Waals surface area contributed by atoms with Crippen LogP contribution in [0, 0.1) is 0 Å². The van der Waals surface area contributed by atoms with Crippen LogP contribution in [0.4, 0.5) is 34.1 Å². The number of nitrogens with zero attached hydrogens (tertiary/aromatic N) is 4. The summed E-state index contributed by atoms with van der Waals surface area (Å²) < 4.78 is 17.7. The summed E-state index contributed by atoms with van der Waals surface area (Å²) in [7, 11) is 0. The Labute approximate surface area is 586 Å². The Balaban J connectivity index is 0.000000133. The van der Waals surface area contributed by atoms with Gasteiger partial charge in [0.05, 0.1) is 38.8 Å². The molecule has 0 radical (unpaired) electrons. The number of para-hydroxylation sites is 7. The average molecular weight is 1300 g/mol. The Kier molecular flexibility index (Phi) is 12.9. The first kappa shape index (κ1) is 57.4. The molecule has 6 heterocycles. The van der Waals surface area contributed by atoms with E-state index in [1.807, 2.05) is 24.3 Å². The maximum atomic E-state index is 6.57. The Morgan fingerprint density at radius 3 is 1.01 bits per heavy atom. The fraction of sp³-hybridized carbons (Fsp3) is 0. The van der Waals surface area contributed by atoms with E-state index in [0.717, 1.165) is 78.0 Å². The highest BCUT2D eigenvalue weighted by Crippen LogP contribution is 2.47. The van der Waals surface area contributed by atoms with Gasteiger partial charge in [-0.05, 0) is 154 Å². The van der Waals surface area contributed by atoms with Crippen LogP contribution in [0.2, 0.25) is 0 Å². The van der Waals surface area contributed by atoms with Gasteiger partial charge in [0, 0.05) is 93.1 Å². The second-order valence-corrected chi connectivity index (χ2v) is 26.7. The molecule has 0 spiro atoms. The molecule has 0 aliphatic carbocycles. The first-order valence-corrected chi connectivity index (χ1v) is 34.9.